The molecule has 0 spiro atoms. The van der Waals surface area contributed by atoms with Gasteiger partial charge in [0.2, 0.25) is 0 Å². The predicted octanol–water partition coefficient (Wildman–Crippen LogP) is 21.1. The maximum Gasteiger partial charge on any atom is 0.417 e. The molecule has 0 atom stereocenters. The van der Waals surface area contributed by atoms with Crippen LogP contribution in [0.2, 0.25) is 0 Å². The first-order valence-electron chi connectivity index (χ1n) is 28.2. The molecule has 13 rings (SSSR count). The van der Waals surface area contributed by atoms with Gasteiger partial charge in [-0.3, -0.25) is 0 Å². The van der Waals surface area contributed by atoms with Gasteiger partial charge in [0.05, 0.1) is 56.6 Å². The smallest absolute Gasteiger partial charge is 0.309 e. The summed E-state index contributed by atoms with van der Waals surface area (Å²) in [6.45, 7) is 16.9. The quantitative estimate of drug-likeness (QED) is 0.152. The Labute approximate surface area is 487 Å². The summed E-state index contributed by atoms with van der Waals surface area (Å²) < 4.78 is 51.3. The van der Waals surface area contributed by atoms with Gasteiger partial charge in [0.25, 0.3) is 0 Å². The van der Waals surface area contributed by atoms with Crippen molar-refractivity contribution in [3.8, 4) is 90.3 Å². The van der Waals surface area contributed by atoms with Crippen LogP contribution in [0, 0.1) is 78.1 Å². The van der Waals surface area contributed by atoms with E-state index in [4.69, 9.17) is 0 Å². The van der Waals surface area contributed by atoms with Crippen LogP contribution in [0.3, 0.4) is 0 Å². The number of benzene rings is 11. The highest BCUT2D eigenvalue weighted by Crippen LogP contribution is 2.48. The molecule has 13 aromatic rings. The molecule has 7 heteroatoms. The Kier molecular flexibility index (Phi) is 12.9. The van der Waals surface area contributed by atoms with E-state index in [-0.39, 0.29) is 16.7 Å². The Hall–Kier alpha value is -10.2. The number of aromatic nitrogens is 2. The Morgan fingerprint density at radius 1 is 0.310 bits per heavy atom. The molecule has 0 bridgehead atoms. The third-order valence-electron chi connectivity index (χ3n) is 17.0. The second-order valence-corrected chi connectivity index (χ2v) is 22.8. The first-order valence-corrected chi connectivity index (χ1v) is 28.2. The zero-order chi connectivity index (χ0) is 58.5. The summed E-state index contributed by atoms with van der Waals surface area (Å²) >= 11 is 0. The van der Waals surface area contributed by atoms with Crippen LogP contribution in [-0.2, 0) is 6.18 Å². The van der Waals surface area contributed by atoms with E-state index in [1.807, 2.05) is 24.3 Å². The summed E-state index contributed by atoms with van der Waals surface area (Å²) in [7, 11) is 0. The lowest BCUT2D eigenvalue weighted by Crippen LogP contribution is -2.08. The standard InChI is InChI=1S/C77H57F3N4/c1-44-9-20-59(48(5)31-44)54-15-27-72-67(37-54)68-38-55(60-21-10-45(2)32-49(60)6)16-28-73(68)83(72)58-19-25-63(64-24-13-53(43-82)36-71(64)77(78,79)80)65(41-58)66-35-52(42-81)14-26-74(66)84-75-29-17-56(61-22-11-46(3)33-50(61)7)39-69(75)70-40-57(18-30-76(70)84)62-23-12-47(4)34-51(62)8/h9-41H,1-8H3. The average molecular weight is 1100 g/mol. The summed E-state index contributed by atoms with van der Waals surface area (Å²) in [5.41, 5.74) is 23.6. The van der Waals surface area contributed by atoms with Gasteiger partial charge in [-0.1, -0.05) is 131 Å². The molecule has 406 valence electrons. The number of nitrogens with zero attached hydrogens (tertiary/aromatic N) is 4. The highest BCUT2D eigenvalue weighted by atomic mass is 19.4. The lowest BCUT2D eigenvalue weighted by atomic mass is 9.89. The van der Waals surface area contributed by atoms with Crippen LogP contribution in [-0.4, -0.2) is 9.13 Å². The highest BCUT2D eigenvalue weighted by Gasteiger charge is 2.35. The van der Waals surface area contributed by atoms with Crippen LogP contribution >= 0.6 is 0 Å². The first-order chi connectivity index (χ1) is 40.4. The van der Waals surface area contributed by atoms with Crippen LogP contribution in [0.25, 0.3) is 122 Å². The molecule has 0 saturated carbocycles. The second kappa shape index (κ2) is 20.3. The molecule has 0 saturated heterocycles. The van der Waals surface area contributed by atoms with Gasteiger partial charge in [-0.05, 0) is 230 Å². The third kappa shape index (κ3) is 9.10. The van der Waals surface area contributed by atoms with Gasteiger partial charge in [0, 0.05) is 32.8 Å². The number of halogens is 3. The Balaban J connectivity index is 1.12. The van der Waals surface area contributed by atoms with Crippen molar-refractivity contribution < 1.29 is 13.2 Å². The van der Waals surface area contributed by atoms with Gasteiger partial charge >= 0.3 is 6.18 Å². The minimum absolute atomic E-state index is 0.0896. The molecule has 0 aliphatic heterocycles. The van der Waals surface area contributed by atoms with Crippen molar-refractivity contribution in [2.24, 2.45) is 0 Å². The topological polar surface area (TPSA) is 57.4 Å². The number of nitriles is 2. The van der Waals surface area contributed by atoms with Crippen molar-refractivity contribution in [3.05, 3.63) is 261 Å². The van der Waals surface area contributed by atoms with Crippen LogP contribution in [0.1, 0.15) is 61.2 Å². The van der Waals surface area contributed by atoms with Gasteiger partial charge < -0.3 is 9.13 Å². The average Bonchev–Trinajstić information content (AvgIpc) is 1.69. The van der Waals surface area contributed by atoms with Gasteiger partial charge in [0.1, 0.15) is 0 Å². The van der Waals surface area contributed by atoms with E-state index in [1.54, 1.807) is 18.2 Å². The zero-order valence-electron chi connectivity index (χ0n) is 48.0. The van der Waals surface area contributed by atoms with Crippen molar-refractivity contribution in [1.29, 1.82) is 10.5 Å². The number of fused-ring (bicyclic) bond motifs is 6. The molecule has 4 nitrogen and oxygen atoms in total. The normalized spacial score (nSPS) is 11.7. The van der Waals surface area contributed by atoms with Gasteiger partial charge in [-0.15, -0.1) is 0 Å². The van der Waals surface area contributed by atoms with Crippen LogP contribution < -0.4 is 0 Å². The van der Waals surface area contributed by atoms with E-state index in [2.05, 4.69) is 216 Å². The Bertz CT molecular complexity index is 4790. The second-order valence-electron chi connectivity index (χ2n) is 22.8. The highest BCUT2D eigenvalue weighted by molar-refractivity contribution is 6.14. The van der Waals surface area contributed by atoms with Gasteiger partial charge in [0.15, 0.2) is 0 Å². The largest absolute Gasteiger partial charge is 0.417 e. The SMILES string of the molecule is Cc1ccc(-c2ccc3c(c2)c2cc(-c4ccc(C)cc4C)ccc2n3-c2ccc(-c3ccc(C#N)cc3C(F)(F)F)c(-c3cc(C#N)ccc3-n3c4ccc(-c5ccc(C)cc5C)cc4c4cc(-c5ccc(C)cc5C)ccc43)c2)c(C)c1. The summed E-state index contributed by atoms with van der Waals surface area (Å²) in [6.07, 6.45) is -4.82. The molecule has 0 aliphatic carbocycles. The van der Waals surface area contributed by atoms with Gasteiger partial charge in [-0.2, -0.15) is 23.7 Å². The van der Waals surface area contributed by atoms with Crippen molar-refractivity contribution in [3.63, 3.8) is 0 Å². The third-order valence-corrected chi connectivity index (χ3v) is 17.0. The number of rotatable bonds is 8. The van der Waals surface area contributed by atoms with Crippen molar-refractivity contribution in [2.75, 3.05) is 0 Å². The Morgan fingerprint density at radius 3 is 1.05 bits per heavy atom. The summed E-state index contributed by atoms with van der Waals surface area (Å²) in [6, 6.07) is 71.4. The number of alkyl halides is 3. The minimum Gasteiger partial charge on any atom is -0.309 e. The van der Waals surface area contributed by atoms with E-state index in [1.165, 1.54) is 34.4 Å². The summed E-state index contributed by atoms with van der Waals surface area (Å²) in [4.78, 5) is 0. The van der Waals surface area contributed by atoms with Crippen molar-refractivity contribution in [2.45, 2.75) is 61.6 Å². The lowest BCUT2D eigenvalue weighted by molar-refractivity contribution is -0.137. The number of aryl methyl sites for hydroxylation is 8. The van der Waals surface area contributed by atoms with Crippen LogP contribution in [0.5, 0.6) is 0 Å². The van der Waals surface area contributed by atoms with E-state index in [0.717, 1.165) is 116 Å². The molecule has 0 fully saturated rings. The molecular weight excluding hydrogens is 1040 g/mol. The van der Waals surface area contributed by atoms with Crippen molar-refractivity contribution in [1.82, 2.24) is 9.13 Å². The maximum absolute atomic E-state index is 15.6. The molecule has 2 aromatic heterocycles. The van der Waals surface area contributed by atoms with Crippen LogP contribution in [0.4, 0.5) is 13.2 Å². The van der Waals surface area contributed by atoms with Gasteiger partial charge in [-0.25, -0.2) is 0 Å². The molecule has 84 heavy (non-hydrogen) atoms. The summed E-state index contributed by atoms with van der Waals surface area (Å²) in [5.74, 6) is 0. The molecule has 11 aromatic carbocycles. The molecule has 2 heterocycles. The summed E-state index contributed by atoms with van der Waals surface area (Å²) in [5, 5.41) is 24.8. The first kappa shape index (κ1) is 53.1. The molecule has 0 unspecified atom stereocenters. The fourth-order valence-corrected chi connectivity index (χ4v) is 13.0. The van der Waals surface area contributed by atoms with E-state index >= 15 is 13.2 Å². The zero-order valence-corrected chi connectivity index (χ0v) is 48.0. The fourth-order valence-electron chi connectivity index (χ4n) is 13.0. The maximum atomic E-state index is 15.6. The van der Waals surface area contributed by atoms with E-state index in [0.29, 0.717) is 28.1 Å². The van der Waals surface area contributed by atoms with E-state index in [9.17, 15) is 10.5 Å². The number of hydrogen-bond acceptors (Lipinski definition) is 2. The Morgan fingerprint density at radius 2 is 0.667 bits per heavy atom. The minimum atomic E-state index is -4.82. The molecule has 0 aliphatic rings. The predicted molar refractivity (Wildman–Crippen MR) is 340 cm³/mol. The lowest BCUT2D eigenvalue weighted by Gasteiger charge is -2.21. The molecular formula is C77H57F3N4. The van der Waals surface area contributed by atoms with E-state index < -0.39 is 11.7 Å². The van der Waals surface area contributed by atoms with Crippen LogP contribution in [0.15, 0.2) is 200 Å². The number of hydrogen-bond donors (Lipinski definition) is 0. The monoisotopic (exact) mass is 1090 g/mol. The molecule has 0 radical (unpaired) electrons. The molecule has 0 N–H and O–H groups in total. The fraction of sp³-hybridized carbons (Fsp3) is 0.117. The molecule has 0 amide bonds. The van der Waals surface area contributed by atoms with Crippen molar-refractivity contribution >= 4 is 43.6 Å².